The van der Waals surface area contributed by atoms with Gasteiger partial charge in [-0.25, -0.2) is 4.39 Å². The van der Waals surface area contributed by atoms with E-state index in [9.17, 15) is 14.3 Å². The molecule has 6 nitrogen and oxygen atoms in total. The number of ether oxygens (including phenoxy) is 2. The summed E-state index contributed by atoms with van der Waals surface area (Å²) in [5.74, 6) is 1.02. The highest BCUT2D eigenvalue weighted by Crippen LogP contribution is 2.37. The summed E-state index contributed by atoms with van der Waals surface area (Å²) in [5.41, 5.74) is 2.56. The molecule has 0 aromatic heterocycles. The normalized spacial score (nSPS) is 19.7. The Hall–Kier alpha value is -2.80. The highest BCUT2D eigenvalue weighted by Gasteiger charge is 2.38. The molecule has 2 aromatic rings. The SMILES string of the molecule is COc1cc2c(cc1C)NCC(C(=O)N1CCC(CO)(Cc3ccc(F)cc3)CC1)O2. The fourth-order valence-corrected chi connectivity index (χ4v) is 4.49. The summed E-state index contributed by atoms with van der Waals surface area (Å²) < 4.78 is 24.6. The first-order valence-corrected chi connectivity index (χ1v) is 10.7. The molecule has 0 spiro atoms. The molecule has 2 aliphatic rings. The lowest BCUT2D eigenvalue weighted by molar-refractivity contribution is -0.141. The van der Waals surface area contributed by atoms with Crippen molar-refractivity contribution in [3.63, 3.8) is 0 Å². The van der Waals surface area contributed by atoms with Gasteiger partial charge in [0, 0.05) is 31.2 Å². The number of fused-ring (bicyclic) bond motifs is 1. The van der Waals surface area contributed by atoms with E-state index in [0.29, 0.717) is 44.6 Å². The van der Waals surface area contributed by atoms with Crippen molar-refractivity contribution < 1.29 is 23.8 Å². The number of likely N-dealkylation sites (tertiary alicyclic amines) is 1. The van der Waals surface area contributed by atoms with Gasteiger partial charge in [0.05, 0.1) is 19.3 Å². The number of hydrogen-bond donors (Lipinski definition) is 2. The van der Waals surface area contributed by atoms with Crippen LogP contribution < -0.4 is 14.8 Å². The largest absolute Gasteiger partial charge is 0.496 e. The van der Waals surface area contributed by atoms with E-state index in [1.165, 1.54) is 12.1 Å². The summed E-state index contributed by atoms with van der Waals surface area (Å²) in [5, 5.41) is 13.4. The van der Waals surface area contributed by atoms with Crippen LogP contribution >= 0.6 is 0 Å². The maximum absolute atomic E-state index is 13.2. The van der Waals surface area contributed by atoms with E-state index in [-0.39, 0.29) is 23.7 Å². The van der Waals surface area contributed by atoms with Crippen LogP contribution in [0, 0.1) is 18.2 Å². The second-order valence-electron chi connectivity index (χ2n) is 8.59. The molecule has 0 aliphatic carbocycles. The second kappa shape index (κ2) is 8.75. The van der Waals surface area contributed by atoms with Gasteiger partial charge in [0.1, 0.15) is 17.3 Å². The van der Waals surface area contributed by atoms with Gasteiger partial charge in [-0.2, -0.15) is 0 Å². The van der Waals surface area contributed by atoms with Crippen LogP contribution in [0.4, 0.5) is 10.1 Å². The minimum Gasteiger partial charge on any atom is -0.496 e. The number of nitrogens with one attached hydrogen (secondary N) is 1. The fraction of sp³-hybridized carbons (Fsp3) is 0.458. The van der Waals surface area contributed by atoms with Gasteiger partial charge in [-0.15, -0.1) is 0 Å². The monoisotopic (exact) mass is 428 g/mol. The first-order chi connectivity index (χ1) is 14.9. The van der Waals surface area contributed by atoms with E-state index in [4.69, 9.17) is 9.47 Å². The fourth-order valence-electron chi connectivity index (χ4n) is 4.49. The summed E-state index contributed by atoms with van der Waals surface area (Å²) in [7, 11) is 1.61. The molecule has 1 amide bonds. The number of aliphatic hydroxyl groups is 1. The molecule has 166 valence electrons. The summed E-state index contributed by atoms with van der Waals surface area (Å²) >= 11 is 0. The highest BCUT2D eigenvalue weighted by molar-refractivity contribution is 5.83. The Morgan fingerprint density at radius 1 is 1.29 bits per heavy atom. The van der Waals surface area contributed by atoms with E-state index in [0.717, 1.165) is 22.6 Å². The summed E-state index contributed by atoms with van der Waals surface area (Å²) in [6.45, 7) is 3.54. The van der Waals surface area contributed by atoms with Crippen LogP contribution in [-0.4, -0.2) is 55.4 Å². The molecule has 4 rings (SSSR count). The van der Waals surface area contributed by atoms with Crippen molar-refractivity contribution in [2.75, 3.05) is 38.7 Å². The molecule has 2 aromatic carbocycles. The molecule has 2 N–H and O–H groups in total. The van der Waals surface area contributed by atoms with Crippen LogP contribution in [0.1, 0.15) is 24.0 Å². The summed E-state index contributed by atoms with van der Waals surface area (Å²) in [4.78, 5) is 14.9. The smallest absolute Gasteiger partial charge is 0.265 e. The lowest BCUT2D eigenvalue weighted by atomic mass is 9.74. The van der Waals surface area contributed by atoms with Gasteiger partial charge in [0.15, 0.2) is 6.10 Å². The van der Waals surface area contributed by atoms with E-state index in [2.05, 4.69) is 5.32 Å². The molecule has 0 saturated carbocycles. The van der Waals surface area contributed by atoms with Gasteiger partial charge in [0.25, 0.3) is 5.91 Å². The lowest BCUT2D eigenvalue weighted by Crippen LogP contribution is -2.52. The number of aliphatic hydroxyl groups excluding tert-OH is 1. The van der Waals surface area contributed by atoms with Crippen molar-refractivity contribution in [1.82, 2.24) is 4.90 Å². The Kier molecular flexibility index (Phi) is 6.05. The number of nitrogens with zero attached hydrogens (tertiary/aromatic N) is 1. The molecule has 1 fully saturated rings. The zero-order valence-electron chi connectivity index (χ0n) is 18.0. The molecular weight excluding hydrogens is 399 g/mol. The predicted octanol–water partition coefficient (Wildman–Crippen LogP) is 3.16. The standard InChI is InChI=1S/C24H29FN2O4/c1-16-11-19-21(12-20(16)30-2)31-22(14-26-19)23(29)27-9-7-24(15-28,8-10-27)13-17-3-5-18(25)6-4-17/h3-6,11-12,22,26,28H,7-10,13-15H2,1-2H3. The Bertz CT molecular complexity index is 939. The van der Waals surface area contributed by atoms with E-state index in [1.54, 1.807) is 19.2 Å². The van der Waals surface area contributed by atoms with Crippen molar-refractivity contribution in [2.45, 2.75) is 32.3 Å². The molecule has 2 aliphatic heterocycles. The van der Waals surface area contributed by atoms with Crippen LogP contribution in [-0.2, 0) is 11.2 Å². The van der Waals surface area contributed by atoms with Crippen LogP contribution in [0.25, 0.3) is 0 Å². The Balaban J connectivity index is 1.39. The molecule has 7 heteroatoms. The molecule has 1 atom stereocenters. The number of rotatable bonds is 5. The number of carbonyl (C=O) groups excluding carboxylic acids is 1. The third-order valence-corrected chi connectivity index (χ3v) is 6.48. The Labute approximate surface area is 182 Å². The van der Waals surface area contributed by atoms with Crippen LogP contribution in [0.15, 0.2) is 36.4 Å². The molecular formula is C24H29FN2O4. The predicted molar refractivity (Wildman–Crippen MR) is 116 cm³/mol. The lowest BCUT2D eigenvalue weighted by Gasteiger charge is -2.42. The molecule has 1 unspecified atom stereocenters. The van der Waals surface area contributed by atoms with Gasteiger partial charge in [-0.1, -0.05) is 12.1 Å². The second-order valence-corrected chi connectivity index (χ2v) is 8.59. The zero-order valence-corrected chi connectivity index (χ0v) is 18.0. The van der Waals surface area contributed by atoms with Crippen molar-refractivity contribution in [2.24, 2.45) is 5.41 Å². The van der Waals surface area contributed by atoms with Gasteiger partial charge in [0.2, 0.25) is 0 Å². The minimum absolute atomic E-state index is 0.0421. The molecule has 0 bridgehead atoms. The molecule has 0 radical (unpaired) electrons. The summed E-state index contributed by atoms with van der Waals surface area (Å²) in [6, 6.07) is 10.2. The molecule has 2 heterocycles. The topological polar surface area (TPSA) is 71.0 Å². The average Bonchev–Trinajstić information content (AvgIpc) is 2.80. The van der Waals surface area contributed by atoms with Crippen molar-refractivity contribution in [3.8, 4) is 11.5 Å². The first kappa shape index (κ1) is 21.4. The number of anilines is 1. The Morgan fingerprint density at radius 3 is 2.65 bits per heavy atom. The van der Waals surface area contributed by atoms with Crippen molar-refractivity contribution >= 4 is 11.6 Å². The maximum Gasteiger partial charge on any atom is 0.265 e. The van der Waals surface area contributed by atoms with Crippen LogP contribution in [0.5, 0.6) is 11.5 Å². The number of amides is 1. The maximum atomic E-state index is 13.2. The van der Waals surface area contributed by atoms with Gasteiger partial charge in [-0.05, 0) is 55.5 Å². The van der Waals surface area contributed by atoms with Gasteiger partial charge < -0.3 is 24.8 Å². The van der Waals surface area contributed by atoms with E-state index < -0.39 is 6.10 Å². The highest BCUT2D eigenvalue weighted by atomic mass is 19.1. The number of halogens is 1. The third kappa shape index (κ3) is 4.46. The van der Waals surface area contributed by atoms with Crippen molar-refractivity contribution in [3.05, 3.63) is 53.3 Å². The average molecular weight is 429 g/mol. The molecule has 1 saturated heterocycles. The molecule has 31 heavy (non-hydrogen) atoms. The zero-order chi connectivity index (χ0) is 22.0. The van der Waals surface area contributed by atoms with Crippen LogP contribution in [0.3, 0.4) is 0 Å². The van der Waals surface area contributed by atoms with Crippen molar-refractivity contribution in [1.29, 1.82) is 0 Å². The third-order valence-electron chi connectivity index (χ3n) is 6.48. The van der Waals surface area contributed by atoms with Gasteiger partial charge >= 0.3 is 0 Å². The first-order valence-electron chi connectivity index (χ1n) is 10.7. The number of piperidine rings is 1. The van der Waals surface area contributed by atoms with E-state index >= 15 is 0 Å². The number of aryl methyl sites for hydroxylation is 1. The van der Waals surface area contributed by atoms with Gasteiger partial charge in [-0.3, -0.25) is 4.79 Å². The quantitative estimate of drug-likeness (QED) is 0.766. The Morgan fingerprint density at radius 2 is 2.00 bits per heavy atom. The number of methoxy groups -OCH3 is 1. The number of carbonyl (C=O) groups is 1. The summed E-state index contributed by atoms with van der Waals surface area (Å²) in [6.07, 6.45) is 1.45. The van der Waals surface area contributed by atoms with E-state index in [1.807, 2.05) is 24.0 Å². The number of benzene rings is 2. The van der Waals surface area contributed by atoms with Crippen LogP contribution in [0.2, 0.25) is 0 Å². The minimum atomic E-state index is -0.598. The number of hydrogen-bond acceptors (Lipinski definition) is 5.